The van der Waals surface area contributed by atoms with Crippen LogP contribution in [0.4, 0.5) is 4.79 Å². The van der Waals surface area contributed by atoms with Crippen LogP contribution in [0.25, 0.3) is 0 Å². The molecule has 7 nitrogen and oxygen atoms in total. The van der Waals surface area contributed by atoms with Gasteiger partial charge in [-0.3, -0.25) is 9.69 Å². The fourth-order valence-electron chi connectivity index (χ4n) is 3.65. The first-order chi connectivity index (χ1) is 12.6. The van der Waals surface area contributed by atoms with Crippen LogP contribution in [0.5, 0.6) is 0 Å². The lowest BCUT2D eigenvalue weighted by molar-refractivity contribution is -0.152. The maximum atomic E-state index is 12.9. The third-order valence-electron chi connectivity index (χ3n) is 4.99. The Kier molecular flexibility index (Phi) is 5.75. The number of carbonyl (C=O) groups is 3. The summed E-state index contributed by atoms with van der Waals surface area (Å²) in [5.74, 6) is -0.584. The summed E-state index contributed by atoms with van der Waals surface area (Å²) in [7, 11) is 1.33. The number of rotatable bonds is 4. The van der Waals surface area contributed by atoms with E-state index in [2.05, 4.69) is 0 Å². The second-order valence-electron chi connectivity index (χ2n) is 6.60. The van der Waals surface area contributed by atoms with Crippen molar-refractivity contribution in [3.05, 3.63) is 35.9 Å². The summed E-state index contributed by atoms with van der Waals surface area (Å²) < 4.78 is 10.2. The first kappa shape index (κ1) is 18.2. The maximum absolute atomic E-state index is 12.9. The number of esters is 1. The van der Waals surface area contributed by atoms with Gasteiger partial charge in [-0.15, -0.1) is 0 Å². The zero-order valence-corrected chi connectivity index (χ0v) is 14.9. The van der Waals surface area contributed by atoms with Gasteiger partial charge in [0.15, 0.2) is 0 Å². The van der Waals surface area contributed by atoms with Crippen LogP contribution in [0.1, 0.15) is 31.2 Å². The Morgan fingerprint density at radius 1 is 1.00 bits per heavy atom. The lowest BCUT2D eigenvalue weighted by atomic mass is 10.1. The summed E-state index contributed by atoms with van der Waals surface area (Å²) >= 11 is 0. The van der Waals surface area contributed by atoms with E-state index in [0.717, 1.165) is 18.4 Å². The number of hydrogen-bond donors (Lipinski definition) is 0. The third kappa shape index (κ3) is 3.81. The molecule has 0 unspecified atom stereocenters. The summed E-state index contributed by atoms with van der Waals surface area (Å²) in [4.78, 5) is 40.3. The molecular weight excluding hydrogens is 336 g/mol. The zero-order chi connectivity index (χ0) is 18.5. The molecule has 26 heavy (non-hydrogen) atoms. The van der Waals surface area contributed by atoms with Crippen molar-refractivity contribution in [2.45, 2.75) is 44.4 Å². The molecule has 2 aliphatic rings. The van der Waals surface area contributed by atoms with Gasteiger partial charge in [0.1, 0.15) is 18.7 Å². The van der Waals surface area contributed by atoms with Gasteiger partial charge in [-0.1, -0.05) is 30.3 Å². The highest BCUT2D eigenvalue weighted by atomic mass is 16.6. The minimum Gasteiger partial charge on any atom is -0.467 e. The van der Waals surface area contributed by atoms with Crippen molar-refractivity contribution in [3.8, 4) is 0 Å². The van der Waals surface area contributed by atoms with Gasteiger partial charge in [0, 0.05) is 13.1 Å². The van der Waals surface area contributed by atoms with E-state index in [1.54, 1.807) is 4.90 Å². The number of likely N-dealkylation sites (tertiary alicyclic amines) is 2. The number of ether oxygens (including phenoxy) is 2. The van der Waals surface area contributed by atoms with E-state index in [1.807, 2.05) is 30.3 Å². The molecule has 0 spiro atoms. The molecule has 3 rings (SSSR count). The van der Waals surface area contributed by atoms with Gasteiger partial charge in [0.2, 0.25) is 5.91 Å². The molecule has 7 heteroatoms. The number of nitrogens with zero attached hydrogens (tertiary/aromatic N) is 2. The van der Waals surface area contributed by atoms with Gasteiger partial charge in [0.05, 0.1) is 7.11 Å². The Hall–Kier alpha value is -2.57. The molecule has 0 saturated carbocycles. The van der Waals surface area contributed by atoms with Crippen LogP contribution in [0.3, 0.4) is 0 Å². The monoisotopic (exact) mass is 360 g/mol. The molecule has 0 radical (unpaired) electrons. The van der Waals surface area contributed by atoms with Crippen molar-refractivity contribution < 1.29 is 23.9 Å². The summed E-state index contributed by atoms with van der Waals surface area (Å²) in [6.07, 6.45) is 2.20. The highest BCUT2D eigenvalue weighted by Gasteiger charge is 2.42. The van der Waals surface area contributed by atoms with E-state index < -0.39 is 24.1 Å². The highest BCUT2D eigenvalue weighted by molar-refractivity contribution is 5.90. The number of benzene rings is 1. The normalized spacial score (nSPS) is 22.3. The van der Waals surface area contributed by atoms with E-state index in [9.17, 15) is 14.4 Å². The number of carbonyl (C=O) groups excluding carboxylic acids is 3. The Bertz CT molecular complexity index is 663. The highest BCUT2D eigenvalue weighted by Crippen LogP contribution is 2.26. The third-order valence-corrected chi connectivity index (χ3v) is 4.99. The van der Waals surface area contributed by atoms with Crippen molar-refractivity contribution in [3.63, 3.8) is 0 Å². The van der Waals surface area contributed by atoms with E-state index in [0.29, 0.717) is 25.9 Å². The Balaban J connectivity index is 1.62. The first-order valence-corrected chi connectivity index (χ1v) is 8.97. The largest absolute Gasteiger partial charge is 0.467 e. The average molecular weight is 360 g/mol. The topological polar surface area (TPSA) is 76.2 Å². The molecular formula is C19H24N2O5. The summed E-state index contributed by atoms with van der Waals surface area (Å²) in [5.41, 5.74) is 0.897. The number of hydrogen-bond acceptors (Lipinski definition) is 5. The molecule has 0 aromatic heterocycles. The predicted molar refractivity (Wildman–Crippen MR) is 93.1 cm³/mol. The van der Waals surface area contributed by atoms with Gasteiger partial charge >= 0.3 is 12.1 Å². The summed E-state index contributed by atoms with van der Waals surface area (Å²) in [6, 6.07) is 8.31. The standard InChI is InChI=1S/C19H24N2O5/c1-25-18(23)16-10-6-11-20(16)17(22)15-9-5-12-21(15)19(24)26-13-14-7-3-2-4-8-14/h2-4,7-8,15-16H,5-6,9-13H2,1H3/t15-,16+/m0/s1. The minimum absolute atomic E-state index is 0.172. The van der Waals surface area contributed by atoms with E-state index in [4.69, 9.17) is 9.47 Å². The first-order valence-electron chi connectivity index (χ1n) is 8.97. The van der Waals surface area contributed by atoms with E-state index in [-0.39, 0.29) is 12.5 Å². The fourth-order valence-corrected chi connectivity index (χ4v) is 3.65. The molecule has 140 valence electrons. The fraction of sp³-hybridized carbons (Fsp3) is 0.526. The molecule has 0 bridgehead atoms. The lowest BCUT2D eigenvalue weighted by Crippen LogP contribution is -2.51. The van der Waals surface area contributed by atoms with Crippen molar-refractivity contribution in [2.24, 2.45) is 0 Å². The summed E-state index contributed by atoms with van der Waals surface area (Å²) in [5, 5.41) is 0. The predicted octanol–water partition coefficient (Wildman–Crippen LogP) is 1.95. The second kappa shape index (κ2) is 8.21. The SMILES string of the molecule is COC(=O)[C@H]1CCCN1C(=O)[C@@H]1CCCN1C(=O)OCc1ccccc1. The lowest BCUT2D eigenvalue weighted by Gasteiger charge is -2.30. The smallest absolute Gasteiger partial charge is 0.410 e. The molecule has 0 N–H and O–H groups in total. The second-order valence-corrected chi connectivity index (χ2v) is 6.60. The van der Waals surface area contributed by atoms with E-state index in [1.165, 1.54) is 12.0 Å². The van der Waals surface area contributed by atoms with Crippen LogP contribution < -0.4 is 0 Å². The van der Waals surface area contributed by atoms with Crippen LogP contribution in [0, 0.1) is 0 Å². The molecule has 2 heterocycles. The van der Waals surface area contributed by atoms with Crippen molar-refractivity contribution >= 4 is 18.0 Å². The summed E-state index contributed by atoms with van der Waals surface area (Å²) in [6.45, 7) is 1.17. The van der Waals surface area contributed by atoms with Crippen molar-refractivity contribution in [1.82, 2.24) is 9.80 Å². The Morgan fingerprint density at radius 3 is 2.35 bits per heavy atom. The van der Waals surface area contributed by atoms with Gasteiger partial charge in [-0.25, -0.2) is 9.59 Å². The number of amides is 2. The minimum atomic E-state index is -0.566. The van der Waals surface area contributed by atoms with Crippen LogP contribution in [0.15, 0.2) is 30.3 Å². The molecule has 2 amide bonds. The molecule has 1 aromatic rings. The molecule has 2 atom stereocenters. The van der Waals surface area contributed by atoms with Crippen LogP contribution in [0.2, 0.25) is 0 Å². The van der Waals surface area contributed by atoms with Crippen LogP contribution >= 0.6 is 0 Å². The maximum Gasteiger partial charge on any atom is 0.410 e. The molecule has 2 fully saturated rings. The van der Waals surface area contributed by atoms with Crippen molar-refractivity contribution in [2.75, 3.05) is 20.2 Å². The van der Waals surface area contributed by atoms with Gasteiger partial charge in [0.25, 0.3) is 0 Å². The van der Waals surface area contributed by atoms with Gasteiger partial charge in [-0.2, -0.15) is 0 Å². The Labute approximate surface area is 152 Å². The number of methoxy groups -OCH3 is 1. The van der Waals surface area contributed by atoms with Crippen LogP contribution in [-0.4, -0.2) is 60.1 Å². The molecule has 2 aliphatic heterocycles. The molecule has 2 saturated heterocycles. The zero-order valence-electron chi connectivity index (χ0n) is 14.9. The van der Waals surface area contributed by atoms with E-state index >= 15 is 0 Å². The van der Waals surface area contributed by atoms with Crippen molar-refractivity contribution in [1.29, 1.82) is 0 Å². The van der Waals surface area contributed by atoms with Gasteiger partial charge in [-0.05, 0) is 31.2 Å². The Morgan fingerprint density at radius 2 is 1.65 bits per heavy atom. The average Bonchev–Trinajstić information content (AvgIpc) is 3.35. The van der Waals surface area contributed by atoms with Gasteiger partial charge < -0.3 is 14.4 Å². The van der Waals surface area contributed by atoms with Crippen LogP contribution in [-0.2, 0) is 25.7 Å². The molecule has 1 aromatic carbocycles. The quantitative estimate of drug-likeness (QED) is 0.767. The molecule has 0 aliphatic carbocycles.